The molecule has 2 rings (SSSR count). The van der Waals surface area contributed by atoms with Crippen molar-refractivity contribution in [1.29, 1.82) is 0 Å². The molecule has 5 nitrogen and oxygen atoms in total. The van der Waals surface area contributed by atoms with E-state index in [0.29, 0.717) is 10.6 Å². The molecular formula is C11H12O5S2. The predicted molar refractivity (Wildman–Crippen MR) is 67.2 cm³/mol. The number of hydrogen-bond acceptors (Lipinski definition) is 7. The van der Waals surface area contributed by atoms with E-state index < -0.39 is 28.9 Å². The summed E-state index contributed by atoms with van der Waals surface area (Å²) in [6.07, 6.45) is -2.97. The summed E-state index contributed by atoms with van der Waals surface area (Å²) in [4.78, 5) is 23.9. The summed E-state index contributed by atoms with van der Waals surface area (Å²) >= 11 is 2.11. The third kappa shape index (κ3) is 1.97. The average Bonchev–Trinajstić information content (AvgIpc) is 2.93. The first kappa shape index (κ1) is 13.5. The van der Waals surface area contributed by atoms with Crippen LogP contribution in [0.2, 0.25) is 0 Å². The monoisotopic (exact) mass is 288 g/mol. The van der Waals surface area contributed by atoms with E-state index in [9.17, 15) is 19.8 Å². The van der Waals surface area contributed by atoms with E-state index in [0.717, 1.165) is 11.8 Å². The number of ether oxygens (including phenoxy) is 1. The van der Waals surface area contributed by atoms with E-state index in [-0.39, 0.29) is 0 Å². The second-order valence-electron chi connectivity index (χ2n) is 3.78. The van der Waals surface area contributed by atoms with Gasteiger partial charge in [0.25, 0.3) is 0 Å². The number of cyclic esters (lactones) is 1. The van der Waals surface area contributed by atoms with Crippen LogP contribution in [0.3, 0.4) is 0 Å². The Balaban J connectivity index is 2.39. The minimum atomic E-state index is -2.21. The molecule has 0 aromatic carbocycles. The molecule has 1 fully saturated rings. The van der Waals surface area contributed by atoms with Crippen molar-refractivity contribution in [3.05, 3.63) is 22.4 Å². The molecule has 1 aliphatic heterocycles. The van der Waals surface area contributed by atoms with Crippen molar-refractivity contribution in [2.45, 2.75) is 24.7 Å². The SMILES string of the molecule is CCSC(=O)[C@@]1(O)[C@@H](c2cccs2)OC(=O)[C@@H]1O. The zero-order chi connectivity index (χ0) is 13.3. The highest BCUT2D eigenvalue weighted by Crippen LogP contribution is 2.43. The van der Waals surface area contributed by atoms with Gasteiger partial charge in [0.2, 0.25) is 10.7 Å². The smallest absolute Gasteiger partial charge is 0.339 e. The lowest BCUT2D eigenvalue weighted by molar-refractivity contribution is -0.148. The molecule has 0 bridgehead atoms. The molecule has 1 saturated heterocycles. The molecule has 1 aliphatic rings. The van der Waals surface area contributed by atoms with Gasteiger partial charge in [0.05, 0.1) is 0 Å². The van der Waals surface area contributed by atoms with Crippen molar-refractivity contribution in [2.24, 2.45) is 0 Å². The molecule has 0 amide bonds. The van der Waals surface area contributed by atoms with Gasteiger partial charge < -0.3 is 14.9 Å². The molecule has 0 saturated carbocycles. The predicted octanol–water partition coefficient (Wildman–Crippen LogP) is 0.718. The van der Waals surface area contributed by atoms with E-state index >= 15 is 0 Å². The molecule has 7 heteroatoms. The molecule has 0 aliphatic carbocycles. The quantitative estimate of drug-likeness (QED) is 0.797. The van der Waals surface area contributed by atoms with Gasteiger partial charge in [-0.2, -0.15) is 0 Å². The molecule has 0 unspecified atom stereocenters. The summed E-state index contributed by atoms with van der Waals surface area (Å²) in [5.41, 5.74) is -2.21. The first-order chi connectivity index (χ1) is 8.51. The Hall–Kier alpha value is -0.890. The van der Waals surface area contributed by atoms with E-state index in [1.54, 1.807) is 24.4 Å². The Morgan fingerprint density at radius 2 is 2.39 bits per heavy atom. The van der Waals surface area contributed by atoms with Gasteiger partial charge in [-0.3, -0.25) is 4.79 Å². The van der Waals surface area contributed by atoms with E-state index in [1.165, 1.54) is 11.3 Å². The fourth-order valence-corrected chi connectivity index (χ4v) is 3.31. The van der Waals surface area contributed by atoms with Crippen LogP contribution in [0, 0.1) is 0 Å². The number of hydrogen-bond donors (Lipinski definition) is 2. The normalized spacial score (nSPS) is 31.4. The second-order valence-corrected chi connectivity index (χ2v) is 6.00. The summed E-state index contributed by atoms with van der Waals surface area (Å²) in [6, 6.07) is 3.37. The minimum absolute atomic E-state index is 0.444. The number of aliphatic hydroxyl groups excluding tert-OH is 1. The first-order valence-corrected chi connectivity index (χ1v) is 7.19. The summed E-state index contributed by atoms with van der Waals surface area (Å²) < 4.78 is 4.94. The van der Waals surface area contributed by atoms with Crippen LogP contribution < -0.4 is 0 Å². The molecule has 2 heterocycles. The minimum Gasteiger partial charge on any atom is -0.451 e. The van der Waals surface area contributed by atoms with Gasteiger partial charge in [0.15, 0.2) is 12.2 Å². The molecule has 1 aromatic heterocycles. The van der Waals surface area contributed by atoms with Crippen LogP contribution in [0.1, 0.15) is 17.9 Å². The third-order valence-electron chi connectivity index (χ3n) is 2.68. The Bertz CT molecular complexity index is 458. The summed E-state index contributed by atoms with van der Waals surface area (Å²) in [7, 11) is 0. The topological polar surface area (TPSA) is 83.8 Å². The number of carbonyl (C=O) groups excluding carboxylic acids is 2. The lowest BCUT2D eigenvalue weighted by Crippen LogP contribution is -2.49. The van der Waals surface area contributed by atoms with Gasteiger partial charge in [-0.25, -0.2) is 4.79 Å². The molecule has 1 aromatic rings. The molecule has 98 valence electrons. The molecule has 3 atom stereocenters. The van der Waals surface area contributed by atoms with E-state index in [4.69, 9.17) is 4.74 Å². The van der Waals surface area contributed by atoms with Crippen molar-refractivity contribution in [1.82, 2.24) is 0 Å². The Labute approximate surface area is 112 Å². The van der Waals surface area contributed by atoms with Crippen LogP contribution in [0.5, 0.6) is 0 Å². The Kier molecular flexibility index (Phi) is 3.76. The second kappa shape index (κ2) is 5.00. The largest absolute Gasteiger partial charge is 0.451 e. The maximum absolute atomic E-state index is 12.0. The van der Waals surface area contributed by atoms with Crippen molar-refractivity contribution >= 4 is 34.2 Å². The van der Waals surface area contributed by atoms with Gasteiger partial charge >= 0.3 is 5.97 Å². The van der Waals surface area contributed by atoms with Crippen molar-refractivity contribution in [2.75, 3.05) is 5.75 Å². The fourth-order valence-electron chi connectivity index (χ4n) is 1.77. The Morgan fingerprint density at radius 3 is 2.94 bits per heavy atom. The van der Waals surface area contributed by atoms with E-state index in [2.05, 4.69) is 0 Å². The highest BCUT2D eigenvalue weighted by molar-refractivity contribution is 8.13. The fraction of sp³-hybridized carbons (Fsp3) is 0.455. The highest BCUT2D eigenvalue weighted by atomic mass is 32.2. The van der Waals surface area contributed by atoms with Crippen molar-refractivity contribution < 1.29 is 24.5 Å². The number of thiophene rings is 1. The van der Waals surface area contributed by atoms with Gasteiger partial charge in [-0.15, -0.1) is 11.3 Å². The van der Waals surface area contributed by atoms with Crippen LogP contribution in [0.15, 0.2) is 17.5 Å². The highest BCUT2D eigenvalue weighted by Gasteiger charge is 2.61. The van der Waals surface area contributed by atoms with Gasteiger partial charge in [0, 0.05) is 4.88 Å². The summed E-state index contributed by atoms with van der Waals surface area (Å²) in [5, 5.41) is 21.2. The number of rotatable bonds is 3. The average molecular weight is 288 g/mol. The first-order valence-electron chi connectivity index (χ1n) is 5.33. The van der Waals surface area contributed by atoms with Crippen molar-refractivity contribution in [3.8, 4) is 0 Å². The number of esters is 1. The maximum atomic E-state index is 12.0. The van der Waals surface area contributed by atoms with Crippen LogP contribution >= 0.6 is 23.1 Å². The zero-order valence-electron chi connectivity index (χ0n) is 9.53. The van der Waals surface area contributed by atoms with Gasteiger partial charge in [-0.05, 0) is 17.2 Å². The lowest BCUT2D eigenvalue weighted by Gasteiger charge is -2.26. The Morgan fingerprint density at radius 1 is 1.67 bits per heavy atom. The van der Waals surface area contributed by atoms with Gasteiger partial charge in [-0.1, -0.05) is 24.8 Å². The third-order valence-corrected chi connectivity index (χ3v) is 4.47. The summed E-state index contributed by atoms with van der Waals surface area (Å²) in [5.74, 6) is -0.528. The summed E-state index contributed by atoms with van der Waals surface area (Å²) in [6.45, 7) is 1.75. The molecule has 0 spiro atoms. The van der Waals surface area contributed by atoms with Crippen LogP contribution in [-0.2, 0) is 14.3 Å². The number of aliphatic hydroxyl groups is 2. The molecule has 18 heavy (non-hydrogen) atoms. The molecule has 2 N–H and O–H groups in total. The molecular weight excluding hydrogens is 276 g/mol. The van der Waals surface area contributed by atoms with Crippen LogP contribution in [0.25, 0.3) is 0 Å². The standard InChI is InChI=1S/C11H12O5S2/c1-2-17-10(14)11(15)7(12)9(13)16-8(11)6-4-3-5-18-6/h3-5,7-8,12,15H,2H2,1H3/t7-,8+,11-/m0/s1. The molecule has 0 radical (unpaired) electrons. The number of thioether (sulfide) groups is 1. The zero-order valence-corrected chi connectivity index (χ0v) is 11.2. The van der Waals surface area contributed by atoms with Crippen LogP contribution in [0.4, 0.5) is 0 Å². The number of carbonyl (C=O) groups is 2. The van der Waals surface area contributed by atoms with Crippen LogP contribution in [-0.4, -0.2) is 38.8 Å². The maximum Gasteiger partial charge on any atom is 0.339 e. The van der Waals surface area contributed by atoms with Crippen molar-refractivity contribution in [3.63, 3.8) is 0 Å². The lowest BCUT2D eigenvalue weighted by atomic mass is 9.93. The van der Waals surface area contributed by atoms with Gasteiger partial charge in [0.1, 0.15) is 0 Å². The van der Waals surface area contributed by atoms with E-state index in [1.807, 2.05) is 0 Å².